The van der Waals surface area contributed by atoms with Gasteiger partial charge in [0, 0.05) is 20.9 Å². The second-order valence-corrected chi connectivity index (χ2v) is 6.44. The van der Waals surface area contributed by atoms with Crippen LogP contribution in [0.3, 0.4) is 0 Å². The molecule has 2 rings (SSSR count). The van der Waals surface area contributed by atoms with Gasteiger partial charge in [-0.2, -0.15) is 0 Å². The molecule has 0 aliphatic rings. The molecule has 0 aromatic heterocycles. The van der Waals surface area contributed by atoms with Crippen LogP contribution in [0.1, 0.15) is 24.2 Å². The Hall–Kier alpha value is -1.56. The molecule has 1 N–H and O–H groups in total. The highest BCUT2D eigenvalue weighted by Crippen LogP contribution is 2.19. The van der Waals surface area contributed by atoms with Gasteiger partial charge in [0.15, 0.2) is 0 Å². The van der Waals surface area contributed by atoms with Crippen LogP contribution in [0.25, 0.3) is 0 Å². The number of hydrogen-bond donors (Lipinski definition) is 1. The molecule has 3 nitrogen and oxygen atoms in total. The Morgan fingerprint density at radius 2 is 1.90 bits per heavy atom. The third kappa shape index (κ3) is 5.04. The average Bonchev–Trinajstić information content (AvgIpc) is 2.46. The maximum atomic E-state index is 12.1. The molecule has 0 radical (unpaired) electrons. The number of rotatable bonds is 5. The molecule has 0 fully saturated rings. The average molecular weight is 395 g/mol. The first-order valence-electron chi connectivity index (χ1n) is 6.84. The summed E-state index contributed by atoms with van der Waals surface area (Å²) in [5, 5.41) is 2.88. The summed E-state index contributed by atoms with van der Waals surface area (Å²) < 4.78 is 6.76. The molecule has 0 atom stereocenters. The quantitative estimate of drug-likeness (QED) is 0.753. The maximum Gasteiger partial charge on any atom is 0.255 e. The van der Waals surface area contributed by atoms with E-state index in [4.69, 9.17) is 4.74 Å². The summed E-state index contributed by atoms with van der Waals surface area (Å²) in [6.07, 6.45) is 0. The van der Waals surface area contributed by atoms with Crippen LogP contribution in [-0.4, -0.2) is 12.5 Å². The van der Waals surface area contributed by atoms with E-state index in [1.165, 1.54) is 0 Å². The molecular formula is C17H18INO2. The molecule has 0 saturated heterocycles. The van der Waals surface area contributed by atoms with E-state index in [0.717, 1.165) is 15.0 Å². The Balaban J connectivity index is 2.03. The van der Waals surface area contributed by atoms with E-state index in [1.807, 2.05) is 48.5 Å². The molecule has 1 amide bonds. The molecule has 4 heteroatoms. The Labute approximate surface area is 138 Å². The number of halogens is 1. The second kappa shape index (κ2) is 7.45. The fraction of sp³-hybridized carbons (Fsp3) is 0.235. The summed E-state index contributed by atoms with van der Waals surface area (Å²) in [4.78, 5) is 12.1. The van der Waals surface area contributed by atoms with Gasteiger partial charge in [0.25, 0.3) is 5.91 Å². The minimum absolute atomic E-state index is 0.118. The summed E-state index contributed by atoms with van der Waals surface area (Å²) in [7, 11) is 0. The molecular weight excluding hydrogens is 377 g/mol. The van der Waals surface area contributed by atoms with E-state index in [0.29, 0.717) is 18.1 Å². The van der Waals surface area contributed by atoms with E-state index in [2.05, 4.69) is 41.8 Å². The topological polar surface area (TPSA) is 38.3 Å². The van der Waals surface area contributed by atoms with Crippen molar-refractivity contribution in [3.05, 3.63) is 57.7 Å². The lowest BCUT2D eigenvalue weighted by Crippen LogP contribution is -2.12. The van der Waals surface area contributed by atoms with Gasteiger partial charge in [-0.15, -0.1) is 0 Å². The summed E-state index contributed by atoms with van der Waals surface area (Å²) >= 11 is 2.21. The maximum absolute atomic E-state index is 12.1. The molecule has 0 aliphatic carbocycles. The van der Waals surface area contributed by atoms with Crippen LogP contribution >= 0.6 is 22.6 Å². The van der Waals surface area contributed by atoms with Gasteiger partial charge in [-0.25, -0.2) is 0 Å². The number of carbonyl (C=O) groups excluding carboxylic acids is 1. The molecule has 0 heterocycles. The summed E-state index contributed by atoms with van der Waals surface area (Å²) in [6.45, 7) is 4.86. The molecule has 2 aromatic rings. The van der Waals surface area contributed by atoms with Crippen molar-refractivity contribution in [1.29, 1.82) is 0 Å². The van der Waals surface area contributed by atoms with Gasteiger partial charge in [-0.1, -0.05) is 19.9 Å². The number of carbonyl (C=O) groups is 1. The van der Waals surface area contributed by atoms with Crippen molar-refractivity contribution in [1.82, 2.24) is 0 Å². The fourth-order valence-electron chi connectivity index (χ4n) is 1.73. The van der Waals surface area contributed by atoms with E-state index in [1.54, 1.807) is 0 Å². The number of benzene rings is 2. The van der Waals surface area contributed by atoms with Crippen LogP contribution < -0.4 is 10.1 Å². The number of anilines is 1. The lowest BCUT2D eigenvalue weighted by molar-refractivity contribution is 0.102. The van der Waals surface area contributed by atoms with Crippen LogP contribution in [0.4, 0.5) is 5.69 Å². The summed E-state index contributed by atoms with van der Waals surface area (Å²) in [5.41, 5.74) is 1.38. The lowest BCUT2D eigenvalue weighted by atomic mass is 10.2. The van der Waals surface area contributed by atoms with Crippen molar-refractivity contribution in [2.45, 2.75) is 13.8 Å². The largest absolute Gasteiger partial charge is 0.493 e. The molecule has 0 bridgehead atoms. The SMILES string of the molecule is CC(C)COc1cccc(NC(=O)c2ccc(I)cc2)c1. The van der Waals surface area contributed by atoms with E-state index in [9.17, 15) is 4.79 Å². The van der Waals surface area contributed by atoms with Crippen LogP contribution in [0.2, 0.25) is 0 Å². The van der Waals surface area contributed by atoms with E-state index in [-0.39, 0.29) is 5.91 Å². The van der Waals surface area contributed by atoms with Crippen LogP contribution in [0.5, 0.6) is 5.75 Å². The van der Waals surface area contributed by atoms with Crippen molar-refractivity contribution < 1.29 is 9.53 Å². The van der Waals surface area contributed by atoms with Crippen molar-refractivity contribution in [2.75, 3.05) is 11.9 Å². The Morgan fingerprint density at radius 1 is 1.19 bits per heavy atom. The smallest absolute Gasteiger partial charge is 0.255 e. The van der Waals surface area contributed by atoms with Gasteiger partial charge >= 0.3 is 0 Å². The van der Waals surface area contributed by atoms with E-state index >= 15 is 0 Å². The molecule has 21 heavy (non-hydrogen) atoms. The molecule has 0 saturated carbocycles. The number of hydrogen-bond acceptors (Lipinski definition) is 2. The molecule has 0 aliphatic heterocycles. The minimum Gasteiger partial charge on any atom is -0.493 e. The monoisotopic (exact) mass is 395 g/mol. The van der Waals surface area contributed by atoms with Gasteiger partial charge < -0.3 is 10.1 Å². The highest BCUT2D eigenvalue weighted by atomic mass is 127. The van der Waals surface area contributed by atoms with Crippen molar-refractivity contribution in [3.8, 4) is 5.75 Å². The van der Waals surface area contributed by atoms with Gasteiger partial charge in [0.1, 0.15) is 5.75 Å². The summed E-state index contributed by atoms with van der Waals surface area (Å²) in [6, 6.07) is 14.9. The number of nitrogens with one attached hydrogen (secondary N) is 1. The predicted octanol–water partition coefficient (Wildman–Crippen LogP) is 4.58. The van der Waals surface area contributed by atoms with Gasteiger partial charge in [0.05, 0.1) is 6.61 Å². The molecule has 110 valence electrons. The Bertz CT molecular complexity index is 608. The zero-order valence-electron chi connectivity index (χ0n) is 12.1. The predicted molar refractivity (Wildman–Crippen MR) is 93.9 cm³/mol. The third-order valence-electron chi connectivity index (χ3n) is 2.78. The molecule has 0 spiro atoms. The zero-order valence-corrected chi connectivity index (χ0v) is 14.3. The zero-order chi connectivity index (χ0) is 15.2. The van der Waals surface area contributed by atoms with Crippen LogP contribution in [0, 0.1) is 9.49 Å². The standard InChI is InChI=1S/C17H18INO2/c1-12(2)11-21-16-5-3-4-15(10-16)19-17(20)13-6-8-14(18)9-7-13/h3-10,12H,11H2,1-2H3,(H,19,20). The normalized spacial score (nSPS) is 10.5. The fourth-order valence-corrected chi connectivity index (χ4v) is 2.09. The van der Waals surface area contributed by atoms with Gasteiger partial charge in [-0.3, -0.25) is 4.79 Å². The highest BCUT2D eigenvalue weighted by molar-refractivity contribution is 14.1. The summed E-state index contributed by atoms with van der Waals surface area (Å²) in [5.74, 6) is 1.12. The first-order valence-corrected chi connectivity index (χ1v) is 7.92. The van der Waals surface area contributed by atoms with Gasteiger partial charge in [-0.05, 0) is 64.9 Å². The number of ether oxygens (including phenoxy) is 1. The molecule has 2 aromatic carbocycles. The molecule has 0 unspecified atom stereocenters. The van der Waals surface area contributed by atoms with Crippen molar-refractivity contribution in [2.24, 2.45) is 5.92 Å². The third-order valence-corrected chi connectivity index (χ3v) is 3.50. The lowest BCUT2D eigenvalue weighted by Gasteiger charge is -2.10. The van der Waals surface area contributed by atoms with Crippen LogP contribution in [-0.2, 0) is 0 Å². The highest BCUT2D eigenvalue weighted by Gasteiger charge is 2.06. The Morgan fingerprint density at radius 3 is 2.57 bits per heavy atom. The van der Waals surface area contributed by atoms with Crippen molar-refractivity contribution in [3.63, 3.8) is 0 Å². The number of amides is 1. The van der Waals surface area contributed by atoms with Crippen molar-refractivity contribution >= 4 is 34.2 Å². The van der Waals surface area contributed by atoms with E-state index < -0.39 is 0 Å². The van der Waals surface area contributed by atoms with Crippen LogP contribution in [0.15, 0.2) is 48.5 Å². The first kappa shape index (κ1) is 15.8. The first-order chi connectivity index (χ1) is 10.0. The Kier molecular flexibility index (Phi) is 5.61. The second-order valence-electron chi connectivity index (χ2n) is 5.19. The minimum atomic E-state index is -0.118. The van der Waals surface area contributed by atoms with Gasteiger partial charge in [0.2, 0.25) is 0 Å².